The SMILES string of the molecule is C1CCCC1.CC(C)(C)S(=O)(=O)C1CCCC1CCCOCCO.[CH3-].[CH3-].[Fe+2]. The van der Waals surface area contributed by atoms with Gasteiger partial charge in [0.05, 0.1) is 23.2 Å². The first-order valence-electron chi connectivity index (χ1n) is 9.72. The van der Waals surface area contributed by atoms with Crippen molar-refractivity contribution in [2.75, 3.05) is 19.8 Å². The summed E-state index contributed by atoms with van der Waals surface area (Å²) >= 11 is 0. The summed E-state index contributed by atoms with van der Waals surface area (Å²) in [6.45, 7) is 6.41. The average molecular weight is 448 g/mol. The Labute approximate surface area is 180 Å². The first-order valence-corrected chi connectivity index (χ1v) is 11.3. The van der Waals surface area contributed by atoms with Crippen LogP contribution in [-0.4, -0.2) is 43.3 Å². The summed E-state index contributed by atoms with van der Waals surface area (Å²) in [6.07, 6.45) is 12.1. The Morgan fingerprint density at radius 1 is 0.926 bits per heavy atom. The third-order valence-electron chi connectivity index (χ3n) is 5.19. The van der Waals surface area contributed by atoms with Gasteiger partial charge in [-0.1, -0.05) is 38.5 Å². The molecule has 2 aliphatic rings. The van der Waals surface area contributed by atoms with E-state index < -0.39 is 14.6 Å². The Hall–Kier alpha value is 0.389. The van der Waals surface area contributed by atoms with E-state index in [1.165, 1.54) is 32.1 Å². The van der Waals surface area contributed by atoms with E-state index in [1.54, 1.807) is 20.8 Å². The Morgan fingerprint density at radius 3 is 1.89 bits per heavy atom. The summed E-state index contributed by atoms with van der Waals surface area (Å²) in [5.74, 6) is 0.280. The van der Waals surface area contributed by atoms with E-state index in [0.717, 1.165) is 32.1 Å². The predicted molar refractivity (Wildman–Crippen MR) is 113 cm³/mol. The third kappa shape index (κ3) is 11.2. The van der Waals surface area contributed by atoms with E-state index in [1.807, 2.05) is 0 Å². The molecule has 2 saturated carbocycles. The van der Waals surface area contributed by atoms with Crippen molar-refractivity contribution in [1.29, 1.82) is 0 Å². The van der Waals surface area contributed by atoms with Gasteiger partial charge in [-0.15, -0.1) is 0 Å². The van der Waals surface area contributed by atoms with E-state index in [0.29, 0.717) is 13.2 Å². The van der Waals surface area contributed by atoms with Crippen LogP contribution in [0.5, 0.6) is 0 Å². The minimum absolute atomic E-state index is 0. The fourth-order valence-electron chi connectivity index (χ4n) is 3.69. The Kier molecular flexibility index (Phi) is 19.3. The normalized spacial score (nSPS) is 21.9. The molecular formula is C21H44FeO4S. The predicted octanol–water partition coefficient (Wildman–Crippen LogP) is 5.01. The maximum Gasteiger partial charge on any atom is 2.00 e. The standard InChI is InChI=1S/C14H28O4S.C5H10.2CH3.Fe/c1-14(2,3)19(16,17)13-8-4-6-12(13)7-5-10-18-11-9-15;1-2-4-5-3-1;;;/h12-13,15H,4-11H2,1-3H3;1-5H2;2*1H3;/q;;2*-1;+2. The Bertz CT molecular complexity index is 420. The minimum Gasteiger partial charge on any atom is -0.394 e. The first kappa shape index (κ1) is 32.1. The molecular weight excluding hydrogens is 404 g/mol. The second kappa shape index (κ2) is 16.2. The van der Waals surface area contributed by atoms with E-state index in [2.05, 4.69) is 0 Å². The molecule has 0 radical (unpaired) electrons. The largest absolute Gasteiger partial charge is 2.00 e. The van der Waals surface area contributed by atoms with Gasteiger partial charge in [0, 0.05) is 6.61 Å². The monoisotopic (exact) mass is 448 g/mol. The summed E-state index contributed by atoms with van der Waals surface area (Å²) in [5.41, 5.74) is 0. The smallest absolute Gasteiger partial charge is 0.394 e. The zero-order valence-electron chi connectivity index (χ0n) is 18.3. The molecule has 0 aliphatic heterocycles. The van der Waals surface area contributed by atoms with Gasteiger partial charge in [0.2, 0.25) is 0 Å². The fourth-order valence-corrected chi connectivity index (χ4v) is 5.86. The molecule has 0 aromatic rings. The van der Waals surface area contributed by atoms with Gasteiger partial charge < -0.3 is 24.7 Å². The van der Waals surface area contributed by atoms with Gasteiger partial charge in [0.1, 0.15) is 0 Å². The second-order valence-corrected chi connectivity index (χ2v) is 11.1. The van der Waals surface area contributed by atoms with Crippen LogP contribution in [0.4, 0.5) is 0 Å². The second-order valence-electron chi connectivity index (χ2n) is 8.13. The van der Waals surface area contributed by atoms with Crippen LogP contribution in [0, 0.1) is 20.8 Å². The molecule has 0 spiro atoms. The molecule has 4 nitrogen and oxygen atoms in total. The van der Waals surface area contributed by atoms with Crippen LogP contribution in [0.3, 0.4) is 0 Å². The van der Waals surface area contributed by atoms with Crippen molar-refractivity contribution in [2.24, 2.45) is 5.92 Å². The summed E-state index contributed by atoms with van der Waals surface area (Å²) in [5, 5.41) is 8.44. The quantitative estimate of drug-likeness (QED) is 0.338. The number of aliphatic hydroxyl groups excluding tert-OH is 1. The van der Waals surface area contributed by atoms with Gasteiger partial charge in [-0.05, 0) is 52.4 Å². The summed E-state index contributed by atoms with van der Waals surface area (Å²) < 4.78 is 29.6. The van der Waals surface area contributed by atoms with Crippen molar-refractivity contribution in [2.45, 2.75) is 95.0 Å². The molecule has 0 saturated heterocycles. The number of sulfone groups is 1. The van der Waals surface area contributed by atoms with Gasteiger partial charge >= 0.3 is 17.1 Å². The number of rotatable bonds is 7. The number of hydrogen-bond acceptors (Lipinski definition) is 4. The zero-order valence-corrected chi connectivity index (χ0v) is 20.2. The molecule has 0 heterocycles. The Balaban J connectivity index is -0.000000625. The molecule has 0 aromatic heterocycles. The molecule has 2 unspecified atom stereocenters. The zero-order chi connectivity index (χ0) is 18.1. The minimum atomic E-state index is -3.05. The van der Waals surface area contributed by atoms with Crippen LogP contribution in [0.25, 0.3) is 0 Å². The molecule has 0 bridgehead atoms. The van der Waals surface area contributed by atoms with Crippen LogP contribution in [0.1, 0.15) is 85.0 Å². The molecule has 2 rings (SSSR count). The molecule has 27 heavy (non-hydrogen) atoms. The van der Waals surface area contributed by atoms with Crippen molar-refractivity contribution in [3.05, 3.63) is 14.9 Å². The topological polar surface area (TPSA) is 63.6 Å². The van der Waals surface area contributed by atoms with Crippen molar-refractivity contribution in [1.82, 2.24) is 0 Å². The maximum atomic E-state index is 12.5. The van der Waals surface area contributed by atoms with Crippen molar-refractivity contribution < 1.29 is 35.3 Å². The van der Waals surface area contributed by atoms with Crippen LogP contribution in [0.15, 0.2) is 0 Å². The van der Waals surface area contributed by atoms with Gasteiger partial charge in [-0.3, -0.25) is 0 Å². The Morgan fingerprint density at radius 2 is 1.44 bits per heavy atom. The van der Waals surface area contributed by atoms with Gasteiger partial charge in [0.25, 0.3) is 0 Å². The first-order chi connectivity index (χ1) is 11.3. The molecule has 0 aromatic carbocycles. The van der Waals surface area contributed by atoms with Crippen LogP contribution < -0.4 is 0 Å². The van der Waals surface area contributed by atoms with Gasteiger partial charge in [-0.2, -0.15) is 0 Å². The average Bonchev–Trinajstić information content (AvgIpc) is 3.20. The molecule has 166 valence electrons. The van der Waals surface area contributed by atoms with Crippen LogP contribution in [-0.2, 0) is 31.6 Å². The fraction of sp³-hybridized carbons (Fsp3) is 0.905. The van der Waals surface area contributed by atoms with Gasteiger partial charge in [0.15, 0.2) is 9.84 Å². The summed E-state index contributed by atoms with van der Waals surface area (Å²) in [6, 6.07) is 0. The number of ether oxygens (including phenoxy) is 1. The maximum absolute atomic E-state index is 12.5. The molecule has 2 aliphatic carbocycles. The molecule has 2 atom stereocenters. The van der Waals surface area contributed by atoms with E-state index in [-0.39, 0.29) is 49.7 Å². The van der Waals surface area contributed by atoms with Gasteiger partial charge in [-0.25, -0.2) is 8.42 Å². The third-order valence-corrected chi connectivity index (χ3v) is 8.32. The van der Waals surface area contributed by atoms with E-state index in [4.69, 9.17) is 9.84 Å². The van der Waals surface area contributed by atoms with Crippen molar-refractivity contribution in [3.63, 3.8) is 0 Å². The molecule has 0 amide bonds. The molecule has 1 N–H and O–H groups in total. The number of aliphatic hydroxyl groups is 1. The number of hydrogen-bond donors (Lipinski definition) is 1. The summed E-state index contributed by atoms with van der Waals surface area (Å²) in [7, 11) is -3.05. The van der Waals surface area contributed by atoms with Crippen LogP contribution in [0.2, 0.25) is 0 Å². The van der Waals surface area contributed by atoms with E-state index >= 15 is 0 Å². The molecule has 6 heteroatoms. The summed E-state index contributed by atoms with van der Waals surface area (Å²) in [4.78, 5) is 0. The molecule has 2 fully saturated rings. The van der Waals surface area contributed by atoms with E-state index in [9.17, 15) is 8.42 Å². The van der Waals surface area contributed by atoms with Crippen LogP contribution >= 0.6 is 0 Å². The van der Waals surface area contributed by atoms with Crippen molar-refractivity contribution in [3.8, 4) is 0 Å². The van der Waals surface area contributed by atoms with Crippen molar-refractivity contribution >= 4 is 9.84 Å².